The van der Waals surface area contributed by atoms with Gasteiger partial charge in [-0.05, 0) is 24.3 Å². The zero-order valence-corrected chi connectivity index (χ0v) is 8.51. The summed E-state index contributed by atoms with van der Waals surface area (Å²) in [4.78, 5) is 3.91. The Bertz CT molecular complexity index is 342. The molecule has 0 aliphatic heterocycles. The van der Waals surface area contributed by atoms with Crippen molar-refractivity contribution >= 4 is 11.8 Å². The predicted octanol–water partition coefficient (Wildman–Crippen LogP) is 2.55. The van der Waals surface area contributed by atoms with E-state index in [4.69, 9.17) is 6.57 Å². The molecule has 0 saturated carbocycles. The summed E-state index contributed by atoms with van der Waals surface area (Å²) in [6.45, 7) is 8.16. The standard InChI is InChI=1S/C10H10FNOS/c1-10(13,12-2)7-14-9-5-3-8(11)4-6-9/h3-6,13H,7H2,1H3. The van der Waals surface area contributed by atoms with Crippen LogP contribution in [0.1, 0.15) is 6.92 Å². The van der Waals surface area contributed by atoms with E-state index in [9.17, 15) is 9.50 Å². The molecular formula is C10H10FNOS. The number of rotatable bonds is 3. The highest BCUT2D eigenvalue weighted by molar-refractivity contribution is 7.99. The summed E-state index contributed by atoms with van der Waals surface area (Å²) in [6, 6.07) is 5.96. The predicted molar refractivity (Wildman–Crippen MR) is 54.3 cm³/mol. The van der Waals surface area contributed by atoms with Crippen molar-refractivity contribution in [2.24, 2.45) is 0 Å². The molecule has 0 aliphatic rings. The maximum absolute atomic E-state index is 12.5. The second-order valence-electron chi connectivity index (χ2n) is 3.07. The molecule has 4 heteroatoms. The molecule has 0 fully saturated rings. The van der Waals surface area contributed by atoms with Gasteiger partial charge in [0.05, 0.1) is 0 Å². The van der Waals surface area contributed by atoms with Crippen LogP contribution in [0.15, 0.2) is 29.2 Å². The first kappa shape index (κ1) is 11.0. The van der Waals surface area contributed by atoms with Crippen LogP contribution in [0.3, 0.4) is 0 Å². The minimum atomic E-state index is -1.35. The zero-order chi connectivity index (χ0) is 10.6. The van der Waals surface area contributed by atoms with E-state index in [1.165, 1.54) is 30.8 Å². The quantitative estimate of drug-likeness (QED) is 0.614. The minimum absolute atomic E-state index is 0.280. The number of hydrogen-bond acceptors (Lipinski definition) is 2. The van der Waals surface area contributed by atoms with Gasteiger partial charge in [0.1, 0.15) is 11.6 Å². The lowest BCUT2D eigenvalue weighted by molar-refractivity contribution is 0.135. The van der Waals surface area contributed by atoms with E-state index in [0.29, 0.717) is 0 Å². The van der Waals surface area contributed by atoms with Crippen molar-refractivity contribution in [2.45, 2.75) is 17.5 Å². The first-order valence-electron chi connectivity index (χ1n) is 4.03. The van der Waals surface area contributed by atoms with Crippen molar-refractivity contribution in [3.63, 3.8) is 0 Å². The normalized spacial score (nSPS) is 14.4. The maximum Gasteiger partial charge on any atom is 0.341 e. The van der Waals surface area contributed by atoms with Crippen molar-refractivity contribution in [3.05, 3.63) is 41.5 Å². The van der Waals surface area contributed by atoms with E-state index in [1.807, 2.05) is 0 Å². The van der Waals surface area contributed by atoms with Crippen LogP contribution in [0, 0.1) is 12.4 Å². The van der Waals surface area contributed by atoms with E-state index in [0.717, 1.165) is 4.90 Å². The van der Waals surface area contributed by atoms with Crippen LogP contribution in [0.2, 0.25) is 0 Å². The van der Waals surface area contributed by atoms with Gasteiger partial charge in [0, 0.05) is 11.8 Å². The van der Waals surface area contributed by atoms with Gasteiger partial charge in [-0.2, -0.15) is 0 Å². The number of thioether (sulfide) groups is 1. The Hall–Kier alpha value is -1.05. The molecule has 1 aromatic carbocycles. The van der Waals surface area contributed by atoms with Gasteiger partial charge < -0.3 is 5.11 Å². The first-order chi connectivity index (χ1) is 6.53. The van der Waals surface area contributed by atoms with Gasteiger partial charge in [-0.15, -0.1) is 11.8 Å². The molecule has 0 amide bonds. The fourth-order valence-electron chi connectivity index (χ4n) is 0.783. The average Bonchev–Trinajstić information content (AvgIpc) is 2.17. The molecule has 74 valence electrons. The molecule has 1 unspecified atom stereocenters. The van der Waals surface area contributed by atoms with Gasteiger partial charge in [-0.3, -0.25) is 4.85 Å². The van der Waals surface area contributed by atoms with Crippen molar-refractivity contribution in [1.82, 2.24) is 0 Å². The zero-order valence-electron chi connectivity index (χ0n) is 7.70. The summed E-state index contributed by atoms with van der Waals surface area (Å²) in [7, 11) is 0. The summed E-state index contributed by atoms with van der Waals surface area (Å²) in [6.07, 6.45) is 0. The summed E-state index contributed by atoms with van der Waals surface area (Å²) in [5.74, 6) is -0.00595. The largest absolute Gasteiger partial charge is 0.341 e. The summed E-state index contributed by atoms with van der Waals surface area (Å²) >= 11 is 1.33. The first-order valence-corrected chi connectivity index (χ1v) is 5.01. The molecule has 0 aliphatic carbocycles. The summed E-state index contributed by atoms with van der Waals surface area (Å²) in [5, 5.41) is 9.39. The average molecular weight is 211 g/mol. The summed E-state index contributed by atoms with van der Waals surface area (Å²) in [5.41, 5.74) is -1.35. The van der Waals surface area contributed by atoms with Gasteiger partial charge in [-0.1, -0.05) is 0 Å². The van der Waals surface area contributed by atoms with Crippen LogP contribution in [-0.4, -0.2) is 16.6 Å². The molecule has 14 heavy (non-hydrogen) atoms. The highest BCUT2D eigenvalue weighted by Gasteiger charge is 2.25. The van der Waals surface area contributed by atoms with Crippen LogP contribution >= 0.6 is 11.8 Å². The van der Waals surface area contributed by atoms with E-state index in [2.05, 4.69) is 4.85 Å². The molecule has 2 nitrogen and oxygen atoms in total. The van der Waals surface area contributed by atoms with E-state index in [-0.39, 0.29) is 11.6 Å². The van der Waals surface area contributed by atoms with E-state index >= 15 is 0 Å². The highest BCUT2D eigenvalue weighted by atomic mass is 32.2. The van der Waals surface area contributed by atoms with Crippen molar-refractivity contribution < 1.29 is 9.50 Å². The number of nitrogens with zero attached hydrogens (tertiary/aromatic N) is 1. The van der Waals surface area contributed by atoms with E-state index in [1.54, 1.807) is 12.1 Å². The van der Waals surface area contributed by atoms with Gasteiger partial charge >= 0.3 is 5.72 Å². The fraction of sp³-hybridized carbons (Fsp3) is 0.300. The van der Waals surface area contributed by atoms with Gasteiger partial charge in [0.25, 0.3) is 0 Å². The van der Waals surface area contributed by atoms with Crippen molar-refractivity contribution in [1.29, 1.82) is 0 Å². The number of aliphatic hydroxyl groups is 1. The lowest BCUT2D eigenvalue weighted by atomic mass is 10.3. The third-order valence-electron chi connectivity index (χ3n) is 1.57. The molecule has 0 bridgehead atoms. The van der Waals surface area contributed by atoms with E-state index < -0.39 is 5.72 Å². The Morgan fingerprint density at radius 1 is 1.50 bits per heavy atom. The van der Waals surface area contributed by atoms with Gasteiger partial charge in [0.2, 0.25) is 0 Å². The van der Waals surface area contributed by atoms with Gasteiger partial charge in [0.15, 0.2) is 0 Å². The van der Waals surface area contributed by atoms with Crippen LogP contribution in [-0.2, 0) is 0 Å². The lowest BCUT2D eigenvalue weighted by Gasteiger charge is -2.08. The maximum atomic E-state index is 12.5. The molecular weight excluding hydrogens is 201 g/mol. The molecule has 1 rings (SSSR count). The number of benzene rings is 1. The van der Waals surface area contributed by atoms with Crippen molar-refractivity contribution in [3.8, 4) is 0 Å². The second-order valence-corrected chi connectivity index (χ2v) is 4.12. The summed E-state index contributed by atoms with van der Waals surface area (Å²) < 4.78 is 12.5. The van der Waals surface area contributed by atoms with Crippen LogP contribution in [0.4, 0.5) is 4.39 Å². The molecule has 1 aromatic rings. The Morgan fingerprint density at radius 2 is 2.07 bits per heavy atom. The minimum Gasteiger partial charge on any atom is -0.323 e. The Morgan fingerprint density at radius 3 is 2.57 bits per heavy atom. The molecule has 1 N–H and O–H groups in total. The Kier molecular flexibility index (Phi) is 3.50. The lowest BCUT2D eigenvalue weighted by Crippen LogP contribution is -2.21. The number of halogens is 1. The third kappa shape index (κ3) is 3.36. The van der Waals surface area contributed by atoms with Crippen LogP contribution < -0.4 is 0 Å². The molecule has 1 atom stereocenters. The smallest absolute Gasteiger partial charge is 0.323 e. The molecule has 0 heterocycles. The van der Waals surface area contributed by atoms with Crippen molar-refractivity contribution in [2.75, 3.05) is 5.75 Å². The molecule has 0 saturated heterocycles. The highest BCUT2D eigenvalue weighted by Crippen LogP contribution is 2.23. The Balaban J connectivity index is 2.55. The second kappa shape index (κ2) is 4.45. The Labute approximate surface area is 86.6 Å². The SMILES string of the molecule is [C-]#[N+]C(C)(O)CSc1ccc(F)cc1. The third-order valence-corrected chi connectivity index (χ3v) is 2.86. The fourth-order valence-corrected chi connectivity index (χ4v) is 1.62. The molecule has 0 radical (unpaired) electrons. The monoisotopic (exact) mass is 211 g/mol. The van der Waals surface area contributed by atoms with Gasteiger partial charge in [-0.25, -0.2) is 11.0 Å². The van der Waals surface area contributed by atoms with Crippen LogP contribution in [0.25, 0.3) is 4.85 Å². The topological polar surface area (TPSA) is 24.6 Å². The molecule has 0 aromatic heterocycles. The number of hydrogen-bond donors (Lipinski definition) is 1. The van der Waals surface area contributed by atoms with Crippen LogP contribution in [0.5, 0.6) is 0 Å². The molecule has 0 spiro atoms.